The van der Waals surface area contributed by atoms with E-state index in [1.165, 1.54) is 22.3 Å². The molecule has 2 aromatic rings. The van der Waals surface area contributed by atoms with E-state index in [9.17, 15) is 0 Å². The molecule has 4 unspecified atom stereocenters. The van der Waals surface area contributed by atoms with E-state index in [2.05, 4.69) is 42.5 Å². The molecule has 4 atom stereocenters. The van der Waals surface area contributed by atoms with Gasteiger partial charge in [0.25, 0.3) is 0 Å². The number of hydrogen-bond donors (Lipinski definition) is 0. The summed E-state index contributed by atoms with van der Waals surface area (Å²) in [5.74, 6) is 0. The lowest BCUT2D eigenvalue weighted by Gasteiger charge is -2.12. The number of benzene rings is 2. The van der Waals surface area contributed by atoms with Crippen molar-refractivity contribution in [3.8, 4) is 11.1 Å². The highest BCUT2D eigenvalue weighted by Crippen LogP contribution is 2.51. The Bertz CT molecular complexity index is 682. The third-order valence-corrected chi connectivity index (χ3v) is 4.54. The van der Waals surface area contributed by atoms with Crippen LogP contribution in [0, 0.1) is 0 Å². The zero-order valence-electron chi connectivity index (χ0n) is 11.6. The van der Waals surface area contributed by atoms with Crippen LogP contribution in [-0.2, 0) is 14.2 Å². The molecule has 0 aliphatic carbocycles. The zero-order chi connectivity index (χ0) is 13.8. The Morgan fingerprint density at radius 2 is 1.52 bits per heavy atom. The third-order valence-electron chi connectivity index (χ3n) is 4.54. The second kappa shape index (κ2) is 4.41. The van der Waals surface area contributed by atoms with Crippen LogP contribution >= 0.6 is 0 Å². The Hall–Kier alpha value is -1.68. The monoisotopic (exact) mass is 280 g/mol. The highest BCUT2D eigenvalue weighted by atomic mass is 16.6. The van der Waals surface area contributed by atoms with E-state index in [1.54, 1.807) is 0 Å². The molecule has 2 saturated heterocycles. The van der Waals surface area contributed by atoms with E-state index in [-0.39, 0.29) is 24.4 Å². The molecule has 106 valence electrons. The zero-order valence-corrected chi connectivity index (χ0v) is 11.6. The molecule has 2 fully saturated rings. The summed E-state index contributed by atoms with van der Waals surface area (Å²) in [6, 6.07) is 17.0. The first-order valence-electron chi connectivity index (χ1n) is 7.49. The van der Waals surface area contributed by atoms with Crippen LogP contribution in [0.15, 0.2) is 48.5 Å². The molecule has 5 rings (SSSR count). The fraction of sp³-hybridized carbons (Fsp3) is 0.333. The molecule has 0 amide bonds. The minimum absolute atomic E-state index is 0.152. The molecule has 3 heterocycles. The van der Waals surface area contributed by atoms with Gasteiger partial charge in [-0.25, -0.2) is 0 Å². The largest absolute Gasteiger partial charge is 0.376 e. The predicted octanol–water partition coefficient (Wildman–Crippen LogP) is 3.26. The fourth-order valence-corrected chi connectivity index (χ4v) is 3.39. The Morgan fingerprint density at radius 3 is 2.38 bits per heavy atom. The molecular weight excluding hydrogens is 264 g/mol. The molecule has 0 radical (unpaired) electrons. The lowest BCUT2D eigenvalue weighted by molar-refractivity contribution is 0.102. The van der Waals surface area contributed by atoms with Crippen molar-refractivity contribution in [1.82, 2.24) is 0 Å². The second-order valence-corrected chi connectivity index (χ2v) is 5.90. The van der Waals surface area contributed by atoms with Gasteiger partial charge >= 0.3 is 0 Å². The van der Waals surface area contributed by atoms with Gasteiger partial charge < -0.3 is 14.2 Å². The van der Waals surface area contributed by atoms with Gasteiger partial charge in [0, 0.05) is 0 Å². The first-order chi connectivity index (χ1) is 10.4. The molecule has 3 nitrogen and oxygen atoms in total. The van der Waals surface area contributed by atoms with Crippen LogP contribution in [0.1, 0.15) is 23.3 Å². The van der Waals surface area contributed by atoms with Crippen LogP contribution < -0.4 is 0 Å². The lowest BCUT2D eigenvalue weighted by atomic mass is 9.90. The molecule has 3 heteroatoms. The van der Waals surface area contributed by atoms with E-state index < -0.39 is 0 Å². The van der Waals surface area contributed by atoms with Crippen LogP contribution in [0.5, 0.6) is 0 Å². The Kier molecular flexibility index (Phi) is 2.50. The maximum absolute atomic E-state index is 5.87. The number of rotatable bonds is 1. The van der Waals surface area contributed by atoms with Gasteiger partial charge in [-0.15, -0.1) is 0 Å². The van der Waals surface area contributed by atoms with E-state index in [4.69, 9.17) is 14.2 Å². The number of ether oxygens (including phenoxy) is 3. The standard InChI is InChI=1S/C18H16O3/c1-2-5-11(6-3-1)12-7-4-8-13-16(12)18-15(21-18)10-19-9-14-17(13)20-14/h1-8,14-15,17-18H,9-10H2. The molecule has 0 saturated carbocycles. The van der Waals surface area contributed by atoms with Gasteiger partial charge in [0.15, 0.2) is 0 Å². The molecule has 21 heavy (non-hydrogen) atoms. The van der Waals surface area contributed by atoms with Crippen molar-refractivity contribution in [2.24, 2.45) is 0 Å². The highest BCUT2D eigenvalue weighted by Gasteiger charge is 2.50. The normalized spacial score (nSPS) is 32.8. The number of fused-ring (bicyclic) bond motifs is 5. The maximum Gasteiger partial charge on any atom is 0.113 e. The maximum atomic E-state index is 5.87. The van der Waals surface area contributed by atoms with E-state index in [0.29, 0.717) is 13.2 Å². The summed E-state index contributed by atoms with van der Waals surface area (Å²) in [6.07, 6.45) is 0.740. The molecule has 2 aromatic carbocycles. The summed E-state index contributed by atoms with van der Waals surface area (Å²) in [5.41, 5.74) is 5.07. The Morgan fingerprint density at radius 1 is 0.762 bits per heavy atom. The minimum atomic E-state index is 0.152. The van der Waals surface area contributed by atoms with Gasteiger partial charge in [0.2, 0.25) is 0 Å². The van der Waals surface area contributed by atoms with Gasteiger partial charge in [-0.2, -0.15) is 0 Å². The van der Waals surface area contributed by atoms with Crippen molar-refractivity contribution in [1.29, 1.82) is 0 Å². The SMILES string of the molecule is c1ccc(-c2cccc3c2C2OC2COCC2OC32)cc1. The minimum Gasteiger partial charge on any atom is -0.376 e. The average Bonchev–Trinajstić information content (AvgIpc) is 3.44. The third kappa shape index (κ3) is 1.93. The molecule has 3 aliphatic heterocycles. The highest BCUT2D eigenvalue weighted by molar-refractivity contribution is 5.70. The van der Waals surface area contributed by atoms with Gasteiger partial charge in [0.05, 0.1) is 13.2 Å². The van der Waals surface area contributed by atoms with Crippen molar-refractivity contribution in [3.63, 3.8) is 0 Å². The van der Waals surface area contributed by atoms with Crippen molar-refractivity contribution < 1.29 is 14.2 Å². The summed E-state index contributed by atoms with van der Waals surface area (Å²) >= 11 is 0. The quantitative estimate of drug-likeness (QED) is 0.752. The van der Waals surface area contributed by atoms with Crippen LogP contribution in [0.3, 0.4) is 0 Å². The molecule has 0 N–H and O–H groups in total. The predicted molar refractivity (Wildman–Crippen MR) is 77.9 cm³/mol. The summed E-state index contributed by atoms with van der Waals surface area (Å²) < 4.78 is 17.4. The smallest absolute Gasteiger partial charge is 0.113 e. The first-order valence-corrected chi connectivity index (χ1v) is 7.49. The summed E-state index contributed by atoms with van der Waals surface area (Å²) in [5, 5.41) is 0. The molecular formula is C18H16O3. The van der Waals surface area contributed by atoms with Gasteiger partial charge in [-0.1, -0.05) is 48.5 Å². The average molecular weight is 280 g/mol. The van der Waals surface area contributed by atoms with Crippen LogP contribution in [0.2, 0.25) is 0 Å². The van der Waals surface area contributed by atoms with E-state index >= 15 is 0 Å². The number of hydrogen-bond acceptors (Lipinski definition) is 3. The van der Waals surface area contributed by atoms with Crippen LogP contribution in [-0.4, -0.2) is 25.4 Å². The van der Waals surface area contributed by atoms with Gasteiger partial charge in [-0.05, 0) is 22.3 Å². The molecule has 0 bridgehead atoms. The molecule has 0 aromatic heterocycles. The van der Waals surface area contributed by atoms with Crippen LogP contribution in [0.25, 0.3) is 11.1 Å². The topological polar surface area (TPSA) is 34.3 Å². The summed E-state index contributed by atoms with van der Waals surface area (Å²) in [4.78, 5) is 0. The lowest BCUT2D eigenvalue weighted by Crippen LogP contribution is -2.06. The summed E-state index contributed by atoms with van der Waals surface area (Å²) in [7, 11) is 0. The Labute approximate surface area is 123 Å². The Balaban J connectivity index is 1.68. The van der Waals surface area contributed by atoms with Crippen molar-refractivity contribution in [2.45, 2.75) is 24.4 Å². The molecule has 3 aliphatic rings. The van der Waals surface area contributed by atoms with Crippen molar-refractivity contribution in [3.05, 3.63) is 59.7 Å². The van der Waals surface area contributed by atoms with Crippen molar-refractivity contribution in [2.75, 3.05) is 13.2 Å². The van der Waals surface area contributed by atoms with Crippen molar-refractivity contribution >= 4 is 0 Å². The number of epoxide rings is 2. The molecule has 0 spiro atoms. The van der Waals surface area contributed by atoms with Gasteiger partial charge in [0.1, 0.15) is 24.4 Å². The summed E-state index contributed by atoms with van der Waals surface area (Å²) in [6.45, 7) is 1.34. The fourth-order valence-electron chi connectivity index (χ4n) is 3.39. The first kappa shape index (κ1) is 11.9. The second-order valence-electron chi connectivity index (χ2n) is 5.90. The van der Waals surface area contributed by atoms with Crippen LogP contribution in [0.4, 0.5) is 0 Å². The van der Waals surface area contributed by atoms with E-state index in [0.717, 1.165) is 0 Å². The van der Waals surface area contributed by atoms with E-state index in [1.807, 2.05) is 6.07 Å². The van der Waals surface area contributed by atoms with Gasteiger partial charge in [-0.3, -0.25) is 0 Å².